The predicted molar refractivity (Wildman–Crippen MR) is 64.6 cm³/mol. The molecule has 0 amide bonds. The van der Waals surface area contributed by atoms with Crippen LogP contribution in [0.25, 0.3) is 0 Å². The van der Waals surface area contributed by atoms with Gasteiger partial charge in [-0.25, -0.2) is 13.1 Å². The number of benzene rings is 1. The third-order valence-corrected chi connectivity index (χ3v) is 4.25. The highest BCUT2D eigenvalue weighted by Crippen LogP contribution is 2.17. The Morgan fingerprint density at radius 2 is 2.29 bits per heavy atom. The molecule has 6 heteroatoms. The van der Waals surface area contributed by atoms with E-state index < -0.39 is 10.0 Å². The number of methoxy groups -OCH3 is 1. The maximum Gasteiger partial charge on any atom is 0.240 e. The van der Waals surface area contributed by atoms with Crippen molar-refractivity contribution in [3.8, 4) is 5.75 Å². The topological polar surface area (TPSA) is 67.4 Å². The zero-order valence-electron chi connectivity index (χ0n) is 9.64. The molecule has 1 heterocycles. The normalized spacial score (nSPS) is 20.4. The van der Waals surface area contributed by atoms with Crippen molar-refractivity contribution < 1.29 is 13.2 Å². The number of nitrogens with one attached hydrogen (secondary N) is 2. The lowest BCUT2D eigenvalue weighted by molar-refractivity contribution is 0.413. The van der Waals surface area contributed by atoms with Crippen LogP contribution in [0.5, 0.6) is 5.75 Å². The van der Waals surface area contributed by atoms with E-state index in [1.165, 1.54) is 13.2 Å². The summed E-state index contributed by atoms with van der Waals surface area (Å²) in [5.41, 5.74) is 0. The Morgan fingerprint density at radius 3 is 2.94 bits per heavy atom. The average molecular weight is 256 g/mol. The molecule has 0 aromatic heterocycles. The van der Waals surface area contributed by atoms with Gasteiger partial charge in [0.05, 0.1) is 12.0 Å². The molecule has 1 aromatic carbocycles. The van der Waals surface area contributed by atoms with Crippen molar-refractivity contribution in [2.75, 3.05) is 20.2 Å². The van der Waals surface area contributed by atoms with Crippen LogP contribution in [0.2, 0.25) is 0 Å². The monoisotopic (exact) mass is 256 g/mol. The molecule has 94 valence electrons. The van der Waals surface area contributed by atoms with E-state index in [1.807, 2.05) is 0 Å². The van der Waals surface area contributed by atoms with Gasteiger partial charge in [-0.3, -0.25) is 0 Å². The van der Waals surface area contributed by atoms with E-state index in [4.69, 9.17) is 4.74 Å². The first-order chi connectivity index (χ1) is 8.12. The first kappa shape index (κ1) is 12.3. The zero-order valence-corrected chi connectivity index (χ0v) is 10.5. The first-order valence-electron chi connectivity index (χ1n) is 5.49. The maximum atomic E-state index is 12.1. The lowest BCUT2D eigenvalue weighted by Gasteiger charge is -2.12. The highest BCUT2D eigenvalue weighted by molar-refractivity contribution is 7.89. The molecule has 5 nitrogen and oxygen atoms in total. The summed E-state index contributed by atoms with van der Waals surface area (Å²) in [6.07, 6.45) is 0.823. The van der Waals surface area contributed by atoms with Gasteiger partial charge in [-0.1, -0.05) is 6.07 Å². The molecule has 17 heavy (non-hydrogen) atoms. The summed E-state index contributed by atoms with van der Waals surface area (Å²) < 4.78 is 31.8. The lowest BCUT2D eigenvalue weighted by atomic mass is 10.3. The SMILES string of the molecule is COc1cccc(S(=O)(=O)N[C@@H]2CCNC2)c1. The second kappa shape index (κ2) is 5.03. The second-order valence-corrected chi connectivity index (χ2v) is 5.70. The van der Waals surface area contributed by atoms with Gasteiger partial charge in [-0.2, -0.15) is 0 Å². The zero-order chi connectivity index (χ0) is 12.3. The summed E-state index contributed by atoms with van der Waals surface area (Å²) in [6, 6.07) is 6.44. The molecule has 0 spiro atoms. The molecule has 0 bridgehead atoms. The summed E-state index contributed by atoms with van der Waals surface area (Å²) in [7, 11) is -1.93. The molecule has 1 aliphatic rings. The molecule has 1 atom stereocenters. The van der Waals surface area contributed by atoms with Gasteiger partial charge >= 0.3 is 0 Å². The van der Waals surface area contributed by atoms with Crippen molar-refractivity contribution in [1.29, 1.82) is 0 Å². The fraction of sp³-hybridized carbons (Fsp3) is 0.455. The Morgan fingerprint density at radius 1 is 1.47 bits per heavy atom. The molecule has 1 fully saturated rings. The van der Waals surface area contributed by atoms with Crippen LogP contribution in [0.4, 0.5) is 0 Å². The number of hydrogen-bond donors (Lipinski definition) is 2. The van der Waals surface area contributed by atoms with Crippen molar-refractivity contribution in [2.45, 2.75) is 17.4 Å². The number of ether oxygens (including phenoxy) is 1. The van der Waals surface area contributed by atoms with E-state index >= 15 is 0 Å². The standard InChI is InChI=1S/C11H16N2O3S/c1-16-10-3-2-4-11(7-10)17(14,15)13-9-5-6-12-8-9/h2-4,7,9,12-13H,5-6,8H2,1H3/t9-/m1/s1. The van der Waals surface area contributed by atoms with Crippen LogP contribution in [-0.4, -0.2) is 34.7 Å². The summed E-state index contributed by atoms with van der Waals surface area (Å²) in [5.74, 6) is 0.539. The van der Waals surface area contributed by atoms with Crippen molar-refractivity contribution in [3.63, 3.8) is 0 Å². The fourth-order valence-corrected chi connectivity index (χ4v) is 3.12. The number of rotatable bonds is 4. The molecular weight excluding hydrogens is 240 g/mol. The van der Waals surface area contributed by atoms with Gasteiger partial charge < -0.3 is 10.1 Å². The van der Waals surface area contributed by atoms with E-state index in [9.17, 15) is 8.42 Å². The molecule has 0 unspecified atom stereocenters. The van der Waals surface area contributed by atoms with E-state index in [2.05, 4.69) is 10.0 Å². The Bertz CT molecular complexity index is 481. The smallest absolute Gasteiger partial charge is 0.240 e. The lowest BCUT2D eigenvalue weighted by Crippen LogP contribution is -2.36. The van der Waals surface area contributed by atoms with Crippen molar-refractivity contribution in [2.24, 2.45) is 0 Å². The van der Waals surface area contributed by atoms with E-state index in [1.54, 1.807) is 18.2 Å². The van der Waals surface area contributed by atoms with Crippen LogP contribution in [0.1, 0.15) is 6.42 Å². The van der Waals surface area contributed by atoms with Gasteiger partial charge in [0.15, 0.2) is 0 Å². The summed E-state index contributed by atoms with van der Waals surface area (Å²) in [5, 5.41) is 3.12. The van der Waals surface area contributed by atoms with Gasteiger partial charge in [0.2, 0.25) is 10.0 Å². The number of sulfonamides is 1. The van der Waals surface area contributed by atoms with Gasteiger partial charge in [0.1, 0.15) is 5.75 Å². The molecule has 2 N–H and O–H groups in total. The van der Waals surface area contributed by atoms with Gasteiger partial charge in [-0.15, -0.1) is 0 Å². The highest BCUT2D eigenvalue weighted by Gasteiger charge is 2.22. The van der Waals surface area contributed by atoms with Crippen LogP contribution >= 0.6 is 0 Å². The fourth-order valence-electron chi connectivity index (χ4n) is 1.81. The average Bonchev–Trinajstić information content (AvgIpc) is 2.81. The molecule has 1 saturated heterocycles. The summed E-state index contributed by atoms with van der Waals surface area (Å²) in [6.45, 7) is 1.54. The Kier molecular flexibility index (Phi) is 3.66. The Balaban J connectivity index is 2.18. The molecule has 0 aliphatic carbocycles. The van der Waals surface area contributed by atoms with E-state index in [0.717, 1.165) is 13.0 Å². The first-order valence-corrected chi connectivity index (χ1v) is 6.97. The van der Waals surface area contributed by atoms with Crippen LogP contribution in [0.15, 0.2) is 29.2 Å². The van der Waals surface area contributed by atoms with E-state index in [-0.39, 0.29) is 10.9 Å². The second-order valence-electron chi connectivity index (χ2n) is 3.99. The third-order valence-electron chi connectivity index (χ3n) is 2.73. The Hall–Kier alpha value is -1.11. The maximum absolute atomic E-state index is 12.1. The summed E-state index contributed by atoms with van der Waals surface area (Å²) >= 11 is 0. The largest absolute Gasteiger partial charge is 0.497 e. The molecular formula is C11H16N2O3S. The molecule has 1 aliphatic heterocycles. The quantitative estimate of drug-likeness (QED) is 0.815. The van der Waals surface area contributed by atoms with Crippen molar-refractivity contribution >= 4 is 10.0 Å². The van der Waals surface area contributed by atoms with Crippen molar-refractivity contribution in [1.82, 2.24) is 10.0 Å². The number of hydrogen-bond acceptors (Lipinski definition) is 4. The van der Waals surface area contributed by atoms with Crippen molar-refractivity contribution in [3.05, 3.63) is 24.3 Å². The Labute approximate surface area is 101 Å². The third kappa shape index (κ3) is 2.96. The molecule has 1 aromatic rings. The van der Waals surface area contributed by atoms with Crippen LogP contribution in [0.3, 0.4) is 0 Å². The highest BCUT2D eigenvalue weighted by atomic mass is 32.2. The molecule has 2 rings (SSSR count). The van der Waals surface area contributed by atoms with Gasteiger partial charge in [-0.05, 0) is 25.1 Å². The molecule has 0 saturated carbocycles. The van der Waals surface area contributed by atoms with E-state index in [0.29, 0.717) is 12.3 Å². The predicted octanol–water partition coefficient (Wildman–Crippen LogP) is 0.335. The van der Waals surface area contributed by atoms with Crippen LogP contribution in [-0.2, 0) is 10.0 Å². The summed E-state index contributed by atoms with van der Waals surface area (Å²) in [4.78, 5) is 0.240. The van der Waals surface area contributed by atoms with Gasteiger partial charge in [0, 0.05) is 18.7 Å². The van der Waals surface area contributed by atoms with Crippen LogP contribution in [0, 0.1) is 0 Å². The van der Waals surface area contributed by atoms with Gasteiger partial charge in [0.25, 0.3) is 0 Å². The minimum atomic E-state index is -3.45. The minimum absolute atomic E-state index is 0.0220. The molecule has 0 radical (unpaired) electrons. The minimum Gasteiger partial charge on any atom is -0.497 e. The van der Waals surface area contributed by atoms with Crippen LogP contribution < -0.4 is 14.8 Å².